The van der Waals surface area contributed by atoms with Gasteiger partial charge < -0.3 is 14.1 Å². The summed E-state index contributed by atoms with van der Waals surface area (Å²) in [6.07, 6.45) is -1.49. The summed E-state index contributed by atoms with van der Waals surface area (Å²) in [6, 6.07) is 7.49. The Hall–Kier alpha value is -3.41. The molecule has 0 saturated heterocycles. The highest BCUT2D eigenvalue weighted by Crippen LogP contribution is 2.32. The molecule has 32 heavy (non-hydrogen) atoms. The van der Waals surface area contributed by atoms with Crippen LogP contribution in [0.25, 0.3) is 11.5 Å². The van der Waals surface area contributed by atoms with Gasteiger partial charge in [-0.1, -0.05) is 17.8 Å². The van der Waals surface area contributed by atoms with Gasteiger partial charge in [-0.2, -0.15) is 13.2 Å². The number of esters is 1. The minimum Gasteiger partial charge on any atom is -0.465 e. The molecule has 0 bridgehead atoms. The minimum absolute atomic E-state index is 0.0674. The molecule has 2 heterocycles. The van der Waals surface area contributed by atoms with Gasteiger partial charge in [0.25, 0.3) is 5.22 Å². The summed E-state index contributed by atoms with van der Waals surface area (Å²) in [7, 11) is 0. The molecule has 0 fully saturated rings. The van der Waals surface area contributed by atoms with Gasteiger partial charge in [0, 0.05) is 23.6 Å². The van der Waals surface area contributed by atoms with Crippen molar-refractivity contribution in [3.8, 4) is 11.5 Å². The molecule has 3 rings (SSSR count). The average molecular weight is 466 g/mol. The van der Waals surface area contributed by atoms with Gasteiger partial charge in [0.15, 0.2) is 0 Å². The zero-order valence-electron chi connectivity index (χ0n) is 16.7. The number of amides is 1. The SMILES string of the molecule is CCOC(=O)CN(C(=O)CSc1nnc(-c2ccncc2)o1)c1cccc(C(F)(F)F)c1. The molecular weight excluding hydrogens is 449 g/mol. The van der Waals surface area contributed by atoms with Crippen LogP contribution in [-0.4, -0.2) is 46.0 Å². The monoisotopic (exact) mass is 466 g/mol. The summed E-state index contributed by atoms with van der Waals surface area (Å²) in [5.41, 5.74) is -0.386. The fraction of sp³-hybridized carbons (Fsp3) is 0.250. The molecule has 3 aromatic rings. The second-order valence-electron chi connectivity index (χ2n) is 6.23. The Kier molecular flexibility index (Phi) is 7.46. The van der Waals surface area contributed by atoms with Crippen LogP contribution < -0.4 is 4.90 Å². The molecule has 12 heteroatoms. The maximum Gasteiger partial charge on any atom is 0.416 e. The summed E-state index contributed by atoms with van der Waals surface area (Å²) in [5, 5.41) is 7.83. The standard InChI is InChI=1S/C20H17F3N4O4S/c1-2-30-17(29)11-27(15-5-3-4-14(10-15)20(21,22)23)16(28)12-32-19-26-25-18(31-19)13-6-8-24-9-7-13/h3-10H,2,11-12H2,1H3. The van der Waals surface area contributed by atoms with E-state index < -0.39 is 30.2 Å². The number of alkyl halides is 3. The molecular formula is C20H17F3N4O4S. The lowest BCUT2D eigenvalue weighted by Crippen LogP contribution is -2.38. The maximum absolute atomic E-state index is 13.1. The first-order valence-corrected chi connectivity index (χ1v) is 10.3. The van der Waals surface area contributed by atoms with Crippen LogP contribution in [0, 0.1) is 0 Å². The van der Waals surface area contributed by atoms with Gasteiger partial charge in [-0.15, -0.1) is 10.2 Å². The zero-order valence-corrected chi connectivity index (χ0v) is 17.5. The van der Waals surface area contributed by atoms with Crippen molar-refractivity contribution in [2.45, 2.75) is 18.3 Å². The molecule has 0 saturated carbocycles. The Balaban J connectivity index is 1.76. The van der Waals surface area contributed by atoms with Crippen LogP contribution in [0.4, 0.5) is 18.9 Å². The van der Waals surface area contributed by atoms with Crippen molar-refractivity contribution in [3.63, 3.8) is 0 Å². The summed E-state index contributed by atoms with van der Waals surface area (Å²) in [6.45, 7) is 1.11. The molecule has 168 valence electrons. The summed E-state index contributed by atoms with van der Waals surface area (Å²) >= 11 is 0.896. The maximum atomic E-state index is 13.1. The summed E-state index contributed by atoms with van der Waals surface area (Å²) < 4.78 is 49.6. The average Bonchev–Trinajstić information content (AvgIpc) is 3.25. The number of aromatic nitrogens is 3. The van der Waals surface area contributed by atoms with Crippen LogP contribution in [-0.2, 0) is 20.5 Å². The first-order chi connectivity index (χ1) is 15.3. The van der Waals surface area contributed by atoms with E-state index in [4.69, 9.17) is 9.15 Å². The number of nitrogens with zero attached hydrogens (tertiary/aromatic N) is 4. The lowest BCUT2D eigenvalue weighted by atomic mass is 10.2. The second kappa shape index (κ2) is 10.3. The highest BCUT2D eigenvalue weighted by atomic mass is 32.2. The van der Waals surface area contributed by atoms with Crippen molar-refractivity contribution in [1.29, 1.82) is 0 Å². The molecule has 8 nitrogen and oxygen atoms in total. The predicted octanol–water partition coefficient (Wildman–Crippen LogP) is 3.84. The van der Waals surface area contributed by atoms with Crippen LogP contribution >= 0.6 is 11.8 Å². The molecule has 1 aromatic carbocycles. The van der Waals surface area contributed by atoms with E-state index in [1.807, 2.05) is 0 Å². The van der Waals surface area contributed by atoms with Crippen molar-refractivity contribution >= 4 is 29.3 Å². The highest BCUT2D eigenvalue weighted by Gasteiger charge is 2.31. The van der Waals surface area contributed by atoms with Gasteiger partial charge in [0.1, 0.15) is 6.54 Å². The molecule has 0 aliphatic heterocycles. The molecule has 0 N–H and O–H groups in total. The molecule has 0 unspecified atom stereocenters. The molecule has 0 aliphatic carbocycles. The fourth-order valence-electron chi connectivity index (χ4n) is 2.59. The smallest absolute Gasteiger partial charge is 0.416 e. The molecule has 1 amide bonds. The molecule has 0 aliphatic rings. The van der Waals surface area contributed by atoms with E-state index in [1.165, 1.54) is 6.07 Å². The van der Waals surface area contributed by atoms with Crippen LogP contribution in [0.2, 0.25) is 0 Å². The molecule has 0 spiro atoms. The topological polar surface area (TPSA) is 98.4 Å². The number of rotatable bonds is 8. The highest BCUT2D eigenvalue weighted by molar-refractivity contribution is 7.99. The van der Waals surface area contributed by atoms with Gasteiger partial charge in [0.2, 0.25) is 11.8 Å². The Bertz CT molecular complexity index is 1080. The van der Waals surface area contributed by atoms with Gasteiger partial charge in [-0.25, -0.2) is 0 Å². The van der Waals surface area contributed by atoms with Crippen molar-refractivity contribution in [3.05, 3.63) is 54.4 Å². The summed E-state index contributed by atoms with van der Waals surface area (Å²) in [4.78, 5) is 29.6. The second-order valence-corrected chi connectivity index (χ2v) is 7.16. The van der Waals surface area contributed by atoms with Gasteiger partial charge >= 0.3 is 12.1 Å². The van der Waals surface area contributed by atoms with Gasteiger partial charge in [-0.3, -0.25) is 14.6 Å². The van der Waals surface area contributed by atoms with Crippen molar-refractivity contribution < 1.29 is 31.9 Å². The minimum atomic E-state index is -4.60. The van der Waals surface area contributed by atoms with Crippen LogP contribution in [0.5, 0.6) is 0 Å². The number of halogens is 3. The number of carbonyl (C=O) groups is 2. The molecule has 2 aromatic heterocycles. The van der Waals surface area contributed by atoms with Crippen LogP contribution in [0.1, 0.15) is 12.5 Å². The third kappa shape index (κ3) is 6.06. The van der Waals surface area contributed by atoms with E-state index in [0.29, 0.717) is 5.56 Å². The Morgan fingerprint density at radius 1 is 1.16 bits per heavy atom. The number of pyridine rings is 1. The van der Waals surface area contributed by atoms with Gasteiger partial charge in [-0.05, 0) is 37.3 Å². The third-order valence-corrected chi connectivity index (χ3v) is 4.83. The number of thioether (sulfide) groups is 1. The first-order valence-electron chi connectivity index (χ1n) is 9.28. The lowest BCUT2D eigenvalue weighted by Gasteiger charge is -2.22. The van der Waals surface area contributed by atoms with E-state index in [2.05, 4.69) is 15.2 Å². The lowest BCUT2D eigenvalue weighted by molar-refractivity contribution is -0.142. The number of carbonyl (C=O) groups excluding carboxylic acids is 2. The predicted molar refractivity (Wildman–Crippen MR) is 109 cm³/mol. The summed E-state index contributed by atoms with van der Waals surface area (Å²) in [5.74, 6) is -1.41. The normalized spacial score (nSPS) is 11.2. The Labute approximate surface area is 184 Å². The molecule has 0 radical (unpaired) electrons. The fourth-order valence-corrected chi connectivity index (χ4v) is 3.23. The van der Waals surface area contributed by atoms with E-state index in [1.54, 1.807) is 31.5 Å². The number of ether oxygens (including phenoxy) is 1. The number of benzene rings is 1. The number of anilines is 1. The van der Waals surface area contributed by atoms with Gasteiger partial charge in [0.05, 0.1) is 17.9 Å². The van der Waals surface area contributed by atoms with E-state index >= 15 is 0 Å². The van der Waals surface area contributed by atoms with E-state index in [0.717, 1.165) is 34.9 Å². The molecule has 0 atom stereocenters. The van der Waals surface area contributed by atoms with E-state index in [9.17, 15) is 22.8 Å². The van der Waals surface area contributed by atoms with Crippen LogP contribution in [0.15, 0.2) is 58.4 Å². The van der Waals surface area contributed by atoms with Crippen molar-refractivity contribution in [1.82, 2.24) is 15.2 Å². The largest absolute Gasteiger partial charge is 0.465 e. The van der Waals surface area contributed by atoms with Crippen molar-refractivity contribution in [2.24, 2.45) is 0 Å². The van der Waals surface area contributed by atoms with E-state index in [-0.39, 0.29) is 29.2 Å². The number of hydrogen-bond donors (Lipinski definition) is 0. The zero-order chi connectivity index (χ0) is 23.1. The Morgan fingerprint density at radius 3 is 2.59 bits per heavy atom. The first kappa shape index (κ1) is 23.3. The number of hydrogen-bond acceptors (Lipinski definition) is 8. The van der Waals surface area contributed by atoms with Crippen molar-refractivity contribution in [2.75, 3.05) is 23.8 Å². The van der Waals surface area contributed by atoms with Crippen LogP contribution in [0.3, 0.4) is 0 Å². The third-order valence-electron chi connectivity index (χ3n) is 4.03. The quantitative estimate of drug-likeness (QED) is 0.365. The Morgan fingerprint density at radius 2 is 1.91 bits per heavy atom.